The van der Waals surface area contributed by atoms with Gasteiger partial charge in [0.05, 0.1) is 6.61 Å². The summed E-state index contributed by atoms with van der Waals surface area (Å²) < 4.78 is 5.15. The maximum atomic E-state index is 11.4. The third kappa shape index (κ3) is 6.53. The summed E-state index contributed by atoms with van der Waals surface area (Å²) >= 11 is 0. The molecule has 0 aliphatic heterocycles. The van der Waals surface area contributed by atoms with Crippen molar-refractivity contribution in [3.8, 4) is 0 Å². The van der Waals surface area contributed by atoms with E-state index < -0.39 is 0 Å². The summed E-state index contributed by atoms with van der Waals surface area (Å²) in [5, 5.41) is 0. The predicted octanol–water partition coefficient (Wildman–Crippen LogP) is 3.79. The topological polar surface area (TPSA) is 26.3 Å². The Morgan fingerprint density at radius 3 is 2.20 bits per heavy atom. The summed E-state index contributed by atoms with van der Waals surface area (Å²) in [6.07, 6.45) is 3.75. The lowest BCUT2D eigenvalue weighted by atomic mass is 9.80. The Hall–Kier alpha value is -0.530. The molecule has 0 N–H and O–H groups in total. The van der Waals surface area contributed by atoms with Crippen molar-refractivity contribution in [2.24, 2.45) is 11.3 Å². The lowest BCUT2D eigenvalue weighted by Gasteiger charge is -2.26. The summed E-state index contributed by atoms with van der Waals surface area (Å²) in [5.41, 5.74) is 0.302. The highest BCUT2D eigenvalue weighted by molar-refractivity contribution is 5.69. The minimum absolute atomic E-state index is 0.0446. The van der Waals surface area contributed by atoms with E-state index in [0.717, 1.165) is 19.3 Å². The van der Waals surface area contributed by atoms with Crippen molar-refractivity contribution in [3.63, 3.8) is 0 Å². The van der Waals surface area contributed by atoms with E-state index in [1.54, 1.807) is 0 Å². The molecule has 2 heteroatoms. The maximum Gasteiger partial charge on any atom is 0.305 e. The second kappa shape index (κ2) is 6.86. The summed E-state index contributed by atoms with van der Waals surface area (Å²) in [4.78, 5) is 11.4. The van der Waals surface area contributed by atoms with Crippen molar-refractivity contribution in [1.29, 1.82) is 0 Å². The van der Waals surface area contributed by atoms with Gasteiger partial charge in [0.15, 0.2) is 0 Å². The van der Waals surface area contributed by atoms with Crippen LogP contribution in [0.25, 0.3) is 0 Å². The van der Waals surface area contributed by atoms with Crippen LogP contribution in [0.1, 0.15) is 60.3 Å². The van der Waals surface area contributed by atoms with E-state index in [9.17, 15) is 4.79 Å². The third-order valence-corrected chi connectivity index (χ3v) is 3.22. The third-order valence-electron chi connectivity index (χ3n) is 3.22. The van der Waals surface area contributed by atoms with Gasteiger partial charge in [-0.15, -0.1) is 0 Å². The molecule has 0 atom stereocenters. The van der Waals surface area contributed by atoms with E-state index in [1.807, 2.05) is 0 Å². The van der Waals surface area contributed by atoms with Crippen LogP contribution in [0.4, 0.5) is 0 Å². The highest BCUT2D eigenvalue weighted by atomic mass is 16.5. The Balaban J connectivity index is 3.79. The molecule has 0 fully saturated rings. The van der Waals surface area contributed by atoms with Crippen molar-refractivity contribution in [2.75, 3.05) is 6.61 Å². The minimum Gasteiger partial charge on any atom is -0.465 e. The first-order valence-electron chi connectivity index (χ1n) is 6.09. The van der Waals surface area contributed by atoms with Gasteiger partial charge in [-0.3, -0.25) is 4.79 Å². The standard InChI is InChI=1S/C13H26O2/c1-6-13(5,7-2)9-8-12(14)15-10-11(3)4/h11H,6-10H2,1-5H3. The van der Waals surface area contributed by atoms with E-state index in [4.69, 9.17) is 4.74 Å². The fourth-order valence-corrected chi connectivity index (χ4v) is 1.34. The number of esters is 1. The van der Waals surface area contributed by atoms with Crippen molar-refractivity contribution in [2.45, 2.75) is 60.3 Å². The second-order valence-electron chi connectivity index (χ2n) is 5.09. The van der Waals surface area contributed by atoms with E-state index in [1.165, 1.54) is 0 Å². The van der Waals surface area contributed by atoms with Crippen molar-refractivity contribution < 1.29 is 9.53 Å². The molecule has 0 saturated carbocycles. The molecule has 0 heterocycles. The highest BCUT2D eigenvalue weighted by Crippen LogP contribution is 2.30. The lowest BCUT2D eigenvalue weighted by Crippen LogP contribution is -2.17. The van der Waals surface area contributed by atoms with Crippen LogP contribution < -0.4 is 0 Å². The van der Waals surface area contributed by atoms with Gasteiger partial charge in [-0.1, -0.05) is 47.5 Å². The zero-order valence-corrected chi connectivity index (χ0v) is 10.9. The van der Waals surface area contributed by atoms with Gasteiger partial charge in [0.1, 0.15) is 0 Å². The van der Waals surface area contributed by atoms with Crippen LogP contribution in [0.2, 0.25) is 0 Å². The fraction of sp³-hybridized carbons (Fsp3) is 0.923. The minimum atomic E-state index is -0.0446. The van der Waals surface area contributed by atoms with Gasteiger partial charge < -0.3 is 4.74 Å². The Labute approximate surface area is 94.4 Å². The molecule has 0 unspecified atom stereocenters. The molecule has 2 nitrogen and oxygen atoms in total. The van der Waals surface area contributed by atoms with Crippen LogP contribution >= 0.6 is 0 Å². The van der Waals surface area contributed by atoms with Crippen LogP contribution in [0.3, 0.4) is 0 Å². The Morgan fingerprint density at radius 1 is 1.27 bits per heavy atom. The SMILES string of the molecule is CCC(C)(CC)CCC(=O)OCC(C)C. The first-order valence-corrected chi connectivity index (χ1v) is 6.09. The monoisotopic (exact) mass is 214 g/mol. The predicted molar refractivity (Wildman–Crippen MR) is 63.7 cm³/mol. The molecule has 0 aliphatic rings. The molecule has 0 aliphatic carbocycles. The van der Waals surface area contributed by atoms with E-state index in [0.29, 0.717) is 24.4 Å². The number of rotatable bonds is 7. The molecular formula is C13H26O2. The summed E-state index contributed by atoms with van der Waals surface area (Å²) in [5.74, 6) is 0.384. The van der Waals surface area contributed by atoms with Gasteiger partial charge in [-0.2, -0.15) is 0 Å². The smallest absolute Gasteiger partial charge is 0.305 e. The van der Waals surface area contributed by atoms with Gasteiger partial charge >= 0.3 is 5.97 Å². The summed E-state index contributed by atoms with van der Waals surface area (Å²) in [7, 11) is 0. The fourth-order valence-electron chi connectivity index (χ4n) is 1.34. The molecule has 0 rings (SSSR count). The summed E-state index contributed by atoms with van der Waals surface area (Å²) in [6, 6.07) is 0. The largest absolute Gasteiger partial charge is 0.465 e. The van der Waals surface area contributed by atoms with Gasteiger partial charge in [-0.25, -0.2) is 0 Å². The molecule has 0 aromatic carbocycles. The second-order valence-corrected chi connectivity index (χ2v) is 5.09. The highest BCUT2D eigenvalue weighted by Gasteiger charge is 2.21. The zero-order chi connectivity index (χ0) is 11.9. The van der Waals surface area contributed by atoms with Crippen LogP contribution in [-0.2, 0) is 9.53 Å². The number of hydrogen-bond donors (Lipinski definition) is 0. The number of carbonyl (C=O) groups is 1. The molecular weight excluding hydrogens is 188 g/mol. The molecule has 90 valence electrons. The van der Waals surface area contributed by atoms with Crippen molar-refractivity contribution >= 4 is 5.97 Å². The Kier molecular flexibility index (Phi) is 6.62. The van der Waals surface area contributed by atoms with Crippen molar-refractivity contribution in [1.82, 2.24) is 0 Å². The van der Waals surface area contributed by atoms with Crippen LogP contribution in [0, 0.1) is 11.3 Å². The molecule has 0 spiro atoms. The van der Waals surface area contributed by atoms with Crippen LogP contribution in [0.5, 0.6) is 0 Å². The van der Waals surface area contributed by atoms with Crippen molar-refractivity contribution in [3.05, 3.63) is 0 Å². The average Bonchev–Trinajstić information content (AvgIpc) is 2.23. The zero-order valence-electron chi connectivity index (χ0n) is 10.9. The average molecular weight is 214 g/mol. The Morgan fingerprint density at radius 2 is 1.80 bits per heavy atom. The molecule has 0 bridgehead atoms. The maximum absolute atomic E-state index is 11.4. The van der Waals surface area contributed by atoms with E-state index in [-0.39, 0.29) is 5.97 Å². The molecule has 0 radical (unpaired) electrons. The first kappa shape index (κ1) is 14.5. The molecule has 0 aromatic heterocycles. The summed E-state index contributed by atoms with van der Waals surface area (Å²) in [6.45, 7) is 11.3. The number of carbonyl (C=O) groups excluding carboxylic acids is 1. The quantitative estimate of drug-likeness (QED) is 0.603. The van der Waals surface area contributed by atoms with Gasteiger partial charge in [-0.05, 0) is 17.8 Å². The van der Waals surface area contributed by atoms with Gasteiger partial charge in [0, 0.05) is 6.42 Å². The van der Waals surface area contributed by atoms with E-state index in [2.05, 4.69) is 34.6 Å². The van der Waals surface area contributed by atoms with Crippen LogP contribution in [-0.4, -0.2) is 12.6 Å². The molecule has 0 saturated heterocycles. The van der Waals surface area contributed by atoms with Gasteiger partial charge in [0.2, 0.25) is 0 Å². The normalized spacial score (nSPS) is 11.9. The van der Waals surface area contributed by atoms with E-state index >= 15 is 0 Å². The van der Waals surface area contributed by atoms with Gasteiger partial charge in [0.25, 0.3) is 0 Å². The first-order chi connectivity index (χ1) is 6.93. The number of ether oxygens (including phenoxy) is 1. The van der Waals surface area contributed by atoms with Crippen LogP contribution in [0.15, 0.2) is 0 Å². The molecule has 0 aromatic rings. The number of hydrogen-bond acceptors (Lipinski definition) is 2. The lowest BCUT2D eigenvalue weighted by molar-refractivity contribution is -0.145. The molecule has 15 heavy (non-hydrogen) atoms. The molecule has 0 amide bonds. The Bertz CT molecular complexity index is 181.